The van der Waals surface area contributed by atoms with E-state index in [1.54, 1.807) is 42.6 Å². The molecule has 1 aromatic carbocycles. The van der Waals surface area contributed by atoms with E-state index in [4.69, 9.17) is 9.15 Å². The van der Waals surface area contributed by atoms with Crippen molar-refractivity contribution in [3.8, 4) is 17.1 Å². The van der Waals surface area contributed by atoms with Crippen LogP contribution in [0.4, 0.5) is 0 Å². The minimum absolute atomic E-state index is 0.213. The van der Waals surface area contributed by atoms with Gasteiger partial charge < -0.3 is 14.1 Å². The highest BCUT2D eigenvalue weighted by molar-refractivity contribution is 5.90. The Morgan fingerprint density at radius 3 is 2.63 bits per heavy atom. The van der Waals surface area contributed by atoms with Crippen LogP contribution in [0.1, 0.15) is 10.4 Å². The molecule has 0 unspecified atom stereocenters. The van der Waals surface area contributed by atoms with Gasteiger partial charge in [-0.05, 0) is 36.4 Å². The molecule has 0 aliphatic rings. The predicted molar refractivity (Wildman–Crippen MR) is 97.7 cm³/mol. The number of benzene rings is 1. The summed E-state index contributed by atoms with van der Waals surface area (Å²) < 4.78 is 11.0. The van der Waals surface area contributed by atoms with E-state index in [0.717, 1.165) is 0 Å². The van der Waals surface area contributed by atoms with Gasteiger partial charge in [-0.2, -0.15) is 0 Å². The summed E-state index contributed by atoms with van der Waals surface area (Å²) in [6.45, 7) is 0. The second-order valence-electron chi connectivity index (χ2n) is 5.71. The standard InChI is InChI=1S/C20H12N2O5/c23-16-9-17(27-18-11-22-19(24)8-15(16)18)12-3-5-14(6-4-12)26-20(25)13-2-1-7-21-10-13/h1-11H,(H,22,24). The number of hydrogen-bond donors (Lipinski definition) is 1. The Labute approximate surface area is 151 Å². The Bertz CT molecular complexity index is 1240. The van der Waals surface area contributed by atoms with Gasteiger partial charge in [-0.25, -0.2) is 4.79 Å². The molecule has 3 aromatic heterocycles. The fourth-order valence-corrected chi connectivity index (χ4v) is 2.56. The lowest BCUT2D eigenvalue weighted by Crippen LogP contribution is -2.09. The molecular formula is C20H12N2O5. The van der Waals surface area contributed by atoms with E-state index in [9.17, 15) is 14.4 Å². The molecular weight excluding hydrogens is 348 g/mol. The summed E-state index contributed by atoms with van der Waals surface area (Å²) in [5, 5.41) is 0.213. The first-order valence-electron chi connectivity index (χ1n) is 7.99. The first-order valence-corrected chi connectivity index (χ1v) is 7.99. The van der Waals surface area contributed by atoms with Gasteiger partial charge in [-0.1, -0.05) is 0 Å². The molecule has 7 heteroatoms. The molecule has 27 heavy (non-hydrogen) atoms. The first kappa shape index (κ1) is 16.5. The molecule has 0 aliphatic carbocycles. The van der Waals surface area contributed by atoms with Crippen molar-refractivity contribution < 1.29 is 13.9 Å². The number of esters is 1. The Kier molecular flexibility index (Phi) is 4.10. The zero-order valence-electron chi connectivity index (χ0n) is 13.8. The molecule has 4 rings (SSSR count). The number of carbonyl (C=O) groups excluding carboxylic acids is 1. The van der Waals surface area contributed by atoms with Crippen molar-refractivity contribution in [3.05, 3.63) is 93.3 Å². The monoisotopic (exact) mass is 360 g/mol. The number of aromatic nitrogens is 2. The van der Waals surface area contributed by atoms with Gasteiger partial charge in [0.25, 0.3) is 0 Å². The van der Waals surface area contributed by atoms with Crippen LogP contribution in [0.15, 0.2) is 81.1 Å². The van der Waals surface area contributed by atoms with Crippen LogP contribution >= 0.6 is 0 Å². The van der Waals surface area contributed by atoms with E-state index in [2.05, 4.69) is 9.97 Å². The third-order valence-corrected chi connectivity index (χ3v) is 3.88. The smallest absolute Gasteiger partial charge is 0.345 e. The van der Waals surface area contributed by atoms with Gasteiger partial charge in [0.2, 0.25) is 5.56 Å². The third-order valence-electron chi connectivity index (χ3n) is 3.88. The summed E-state index contributed by atoms with van der Waals surface area (Å²) >= 11 is 0. The summed E-state index contributed by atoms with van der Waals surface area (Å²) in [4.78, 5) is 41.9. The molecule has 0 atom stereocenters. The summed E-state index contributed by atoms with van der Waals surface area (Å²) in [6, 6.07) is 12.3. The van der Waals surface area contributed by atoms with Crippen molar-refractivity contribution >= 4 is 16.9 Å². The fourth-order valence-electron chi connectivity index (χ4n) is 2.56. The lowest BCUT2D eigenvalue weighted by atomic mass is 10.1. The SMILES string of the molecule is O=C(Oc1ccc(-c2cc(=O)c3cc(=O)[nH]cc3o2)cc1)c1cccnc1. The summed E-state index contributed by atoms with van der Waals surface area (Å²) in [5.74, 6) is 0.168. The van der Waals surface area contributed by atoms with Gasteiger partial charge in [0.15, 0.2) is 11.0 Å². The molecule has 132 valence electrons. The minimum atomic E-state index is -0.517. The van der Waals surface area contributed by atoms with Crippen LogP contribution in [-0.2, 0) is 0 Å². The van der Waals surface area contributed by atoms with Gasteiger partial charge in [0.1, 0.15) is 11.5 Å². The Morgan fingerprint density at radius 1 is 1.07 bits per heavy atom. The molecule has 0 spiro atoms. The first-order chi connectivity index (χ1) is 13.1. The summed E-state index contributed by atoms with van der Waals surface area (Å²) in [7, 11) is 0. The molecule has 0 saturated carbocycles. The van der Waals surface area contributed by atoms with Crippen molar-refractivity contribution in [2.24, 2.45) is 0 Å². The fraction of sp³-hybridized carbons (Fsp3) is 0. The van der Waals surface area contributed by atoms with Crippen LogP contribution in [0, 0.1) is 0 Å². The number of nitrogens with one attached hydrogen (secondary N) is 1. The number of aromatic amines is 1. The van der Waals surface area contributed by atoms with Gasteiger partial charge in [-0.15, -0.1) is 0 Å². The number of rotatable bonds is 3. The van der Waals surface area contributed by atoms with Gasteiger partial charge in [-0.3, -0.25) is 14.6 Å². The Hall–Kier alpha value is -4.00. The molecule has 0 bridgehead atoms. The second-order valence-corrected chi connectivity index (χ2v) is 5.71. The van der Waals surface area contributed by atoms with Crippen molar-refractivity contribution in [2.75, 3.05) is 0 Å². The maximum atomic E-state index is 12.2. The molecule has 0 saturated heterocycles. The molecule has 0 radical (unpaired) electrons. The van der Waals surface area contributed by atoms with E-state index >= 15 is 0 Å². The van der Waals surface area contributed by atoms with Crippen LogP contribution in [0.2, 0.25) is 0 Å². The predicted octanol–water partition coefficient (Wildman–Crippen LogP) is 2.76. The molecule has 3 heterocycles. The van der Waals surface area contributed by atoms with Crippen LogP contribution in [-0.4, -0.2) is 15.9 Å². The third kappa shape index (κ3) is 3.38. The molecule has 7 nitrogen and oxygen atoms in total. The average molecular weight is 360 g/mol. The normalized spacial score (nSPS) is 10.7. The van der Waals surface area contributed by atoms with E-state index < -0.39 is 5.97 Å². The van der Waals surface area contributed by atoms with E-state index in [0.29, 0.717) is 22.6 Å². The van der Waals surface area contributed by atoms with Crippen LogP contribution in [0.3, 0.4) is 0 Å². The average Bonchev–Trinajstić information content (AvgIpc) is 2.69. The lowest BCUT2D eigenvalue weighted by molar-refractivity contribution is 0.0734. The minimum Gasteiger partial charge on any atom is -0.454 e. The Balaban J connectivity index is 1.62. The molecule has 0 amide bonds. The van der Waals surface area contributed by atoms with Crippen molar-refractivity contribution in [2.45, 2.75) is 0 Å². The quantitative estimate of drug-likeness (QED) is 0.445. The van der Waals surface area contributed by atoms with Gasteiger partial charge in [0, 0.05) is 36.3 Å². The highest BCUT2D eigenvalue weighted by Crippen LogP contribution is 2.24. The van der Waals surface area contributed by atoms with E-state index in [-0.39, 0.29) is 22.0 Å². The lowest BCUT2D eigenvalue weighted by Gasteiger charge is -2.06. The largest absolute Gasteiger partial charge is 0.454 e. The molecule has 4 aromatic rings. The highest BCUT2D eigenvalue weighted by atomic mass is 16.5. The second kappa shape index (κ2) is 6.72. The number of pyridine rings is 2. The number of hydrogen-bond acceptors (Lipinski definition) is 6. The molecule has 1 N–H and O–H groups in total. The summed E-state index contributed by atoms with van der Waals surface area (Å²) in [6.07, 6.45) is 4.34. The van der Waals surface area contributed by atoms with Gasteiger partial charge >= 0.3 is 5.97 Å². The van der Waals surface area contributed by atoms with E-state index in [1.807, 2.05) is 0 Å². The number of fused-ring (bicyclic) bond motifs is 1. The molecule has 0 aliphatic heterocycles. The van der Waals surface area contributed by atoms with Gasteiger partial charge in [0.05, 0.1) is 10.9 Å². The topological polar surface area (TPSA) is 102 Å². The Morgan fingerprint density at radius 2 is 1.89 bits per heavy atom. The number of H-pyrrole nitrogens is 1. The highest BCUT2D eigenvalue weighted by Gasteiger charge is 2.10. The zero-order chi connectivity index (χ0) is 18.8. The van der Waals surface area contributed by atoms with Crippen LogP contribution < -0.4 is 15.7 Å². The molecule has 0 fully saturated rings. The van der Waals surface area contributed by atoms with Crippen molar-refractivity contribution in [1.29, 1.82) is 0 Å². The van der Waals surface area contributed by atoms with E-state index in [1.165, 1.54) is 24.5 Å². The summed E-state index contributed by atoms with van der Waals surface area (Å²) in [5.41, 5.74) is 0.563. The van der Waals surface area contributed by atoms with Crippen LogP contribution in [0.5, 0.6) is 5.75 Å². The van der Waals surface area contributed by atoms with Crippen molar-refractivity contribution in [3.63, 3.8) is 0 Å². The number of ether oxygens (including phenoxy) is 1. The maximum Gasteiger partial charge on any atom is 0.345 e. The maximum absolute atomic E-state index is 12.2. The number of carbonyl (C=O) groups is 1. The zero-order valence-corrected chi connectivity index (χ0v) is 13.8. The van der Waals surface area contributed by atoms with Crippen molar-refractivity contribution in [1.82, 2.24) is 9.97 Å². The number of nitrogens with zero attached hydrogens (tertiary/aromatic N) is 1. The van der Waals surface area contributed by atoms with Crippen LogP contribution in [0.25, 0.3) is 22.3 Å².